The van der Waals surface area contributed by atoms with Crippen LogP contribution < -0.4 is 10.2 Å². The summed E-state index contributed by atoms with van der Waals surface area (Å²) >= 11 is 0. The molecule has 5 heterocycles. The SMILES string of the molecule is CC1OC(OCC2OC(Oc3c(-c4ccc(O)cc4)oc4cc(O)cc(O)c4c3=O)C(OC3OC(O)C(O)C(O)C3O)C(O)C2O)C(O)C(OC2OCC(O)C(O)C2O)C1O. The first-order valence-corrected chi connectivity index (χ1v) is 18.8. The molecule has 4 fully saturated rings. The average Bonchev–Trinajstić information content (AvgIpc) is 3.22. The Balaban J connectivity index is 1.20. The number of hydrogen-bond acceptors (Lipinski definition) is 24. The third-order valence-corrected chi connectivity index (χ3v) is 10.7. The van der Waals surface area contributed by atoms with E-state index in [1.165, 1.54) is 31.2 Å². The van der Waals surface area contributed by atoms with Gasteiger partial charge in [-0.1, -0.05) is 0 Å². The number of benzene rings is 2. The smallest absolute Gasteiger partial charge is 0.239 e. The summed E-state index contributed by atoms with van der Waals surface area (Å²) in [4.78, 5) is 14.2. The molecule has 61 heavy (non-hydrogen) atoms. The molecule has 0 radical (unpaired) electrons. The third-order valence-electron chi connectivity index (χ3n) is 10.7. The highest BCUT2D eigenvalue weighted by atomic mass is 16.8. The van der Waals surface area contributed by atoms with E-state index in [-0.39, 0.29) is 16.9 Å². The predicted octanol–water partition coefficient (Wildman–Crippen LogP) is -5.15. The molecule has 0 bridgehead atoms. The van der Waals surface area contributed by atoms with Crippen LogP contribution in [0.5, 0.6) is 23.0 Å². The number of ether oxygens (including phenoxy) is 8. The number of rotatable bonds is 10. The van der Waals surface area contributed by atoms with Gasteiger partial charge < -0.3 is 114 Å². The highest BCUT2D eigenvalue weighted by Gasteiger charge is 2.53. The van der Waals surface area contributed by atoms with Crippen molar-refractivity contribution >= 4 is 11.0 Å². The highest BCUT2D eigenvalue weighted by Crippen LogP contribution is 2.39. The fraction of sp³-hybridized carbons (Fsp3) is 0.595. The van der Waals surface area contributed by atoms with Gasteiger partial charge in [0, 0.05) is 17.7 Å². The van der Waals surface area contributed by atoms with Gasteiger partial charge in [-0.3, -0.25) is 4.79 Å². The van der Waals surface area contributed by atoms with Gasteiger partial charge >= 0.3 is 0 Å². The molecule has 4 aliphatic rings. The Bertz CT molecular complexity index is 2030. The molecule has 19 unspecified atom stereocenters. The maximum Gasteiger partial charge on any atom is 0.239 e. The normalized spacial score (nSPS) is 40.8. The molecular formula is C37H46O24. The monoisotopic (exact) mass is 874 g/mol. The second-order valence-corrected chi connectivity index (χ2v) is 15.0. The molecule has 7 rings (SSSR count). The van der Waals surface area contributed by atoms with Gasteiger partial charge in [0.25, 0.3) is 0 Å². The minimum atomic E-state index is -2.15. The number of phenols is 3. The summed E-state index contributed by atoms with van der Waals surface area (Å²) in [6, 6.07) is 6.91. The molecular weight excluding hydrogens is 828 g/mol. The number of hydrogen-bond donors (Lipinski definition) is 14. The molecule has 4 aliphatic heterocycles. The summed E-state index contributed by atoms with van der Waals surface area (Å²) < 4.78 is 50.9. The number of fused-ring (bicyclic) bond motifs is 1. The molecule has 2 aromatic carbocycles. The summed E-state index contributed by atoms with van der Waals surface area (Å²) in [5, 5.41) is 147. The van der Waals surface area contributed by atoms with Crippen molar-refractivity contribution in [2.24, 2.45) is 0 Å². The first-order chi connectivity index (χ1) is 28.9. The topological polar surface area (TPSA) is 387 Å². The lowest BCUT2D eigenvalue weighted by Crippen LogP contribution is -2.65. The summed E-state index contributed by atoms with van der Waals surface area (Å²) in [5.74, 6) is -2.58. The lowest BCUT2D eigenvalue weighted by atomic mass is 9.97. The van der Waals surface area contributed by atoms with Gasteiger partial charge in [-0.15, -0.1) is 0 Å². The maximum absolute atomic E-state index is 14.2. The Morgan fingerprint density at radius 2 is 1.31 bits per heavy atom. The van der Waals surface area contributed by atoms with E-state index in [0.717, 1.165) is 12.1 Å². The Labute approximate surface area is 342 Å². The number of aliphatic hydroxyl groups is 11. The Hall–Kier alpha value is -3.87. The Morgan fingerprint density at radius 1 is 0.639 bits per heavy atom. The molecule has 24 heteroatoms. The Morgan fingerprint density at radius 3 is 2.02 bits per heavy atom. The maximum atomic E-state index is 14.2. The van der Waals surface area contributed by atoms with Crippen LogP contribution in [0.15, 0.2) is 45.6 Å². The zero-order valence-electron chi connectivity index (χ0n) is 31.7. The summed E-state index contributed by atoms with van der Waals surface area (Å²) in [7, 11) is 0. The average molecular weight is 875 g/mol. The van der Waals surface area contributed by atoms with Crippen LogP contribution in [0.4, 0.5) is 0 Å². The van der Waals surface area contributed by atoms with Gasteiger partial charge in [0.05, 0.1) is 19.3 Å². The van der Waals surface area contributed by atoms with E-state index in [4.69, 9.17) is 42.3 Å². The summed E-state index contributed by atoms with van der Waals surface area (Å²) in [6.45, 7) is 0.118. The molecule has 14 N–H and O–H groups in total. The van der Waals surface area contributed by atoms with Crippen molar-refractivity contribution in [3.8, 4) is 34.3 Å². The highest BCUT2D eigenvalue weighted by molar-refractivity contribution is 5.88. The molecule has 4 saturated heterocycles. The number of aromatic hydroxyl groups is 3. The third kappa shape index (κ3) is 8.87. The zero-order valence-corrected chi connectivity index (χ0v) is 31.7. The first-order valence-electron chi connectivity index (χ1n) is 18.8. The van der Waals surface area contributed by atoms with Crippen molar-refractivity contribution in [2.45, 2.75) is 124 Å². The van der Waals surface area contributed by atoms with Crippen molar-refractivity contribution in [2.75, 3.05) is 13.2 Å². The molecule has 19 atom stereocenters. The predicted molar refractivity (Wildman–Crippen MR) is 193 cm³/mol. The quantitative estimate of drug-likeness (QED) is 0.0905. The summed E-state index contributed by atoms with van der Waals surface area (Å²) in [6.07, 6.45) is -34.8. The van der Waals surface area contributed by atoms with E-state index in [2.05, 4.69) is 0 Å². The van der Waals surface area contributed by atoms with Crippen LogP contribution in [0.1, 0.15) is 6.92 Å². The number of aliphatic hydroxyl groups excluding tert-OH is 11. The van der Waals surface area contributed by atoms with E-state index in [1.807, 2.05) is 0 Å². The Kier molecular flexibility index (Phi) is 13.4. The van der Waals surface area contributed by atoms with Gasteiger partial charge in [-0.25, -0.2) is 0 Å². The fourth-order valence-corrected chi connectivity index (χ4v) is 7.21. The van der Waals surface area contributed by atoms with E-state index >= 15 is 0 Å². The minimum absolute atomic E-state index is 0.0722. The first kappa shape index (κ1) is 45.2. The van der Waals surface area contributed by atoms with Crippen molar-refractivity contribution in [1.29, 1.82) is 0 Å². The lowest BCUT2D eigenvalue weighted by Gasteiger charge is -2.46. The van der Waals surface area contributed by atoms with E-state index in [0.29, 0.717) is 0 Å². The lowest BCUT2D eigenvalue weighted by molar-refractivity contribution is -0.381. The van der Waals surface area contributed by atoms with Gasteiger partial charge in [0.2, 0.25) is 17.5 Å². The molecule has 0 saturated carbocycles. The van der Waals surface area contributed by atoms with Crippen LogP contribution in [-0.4, -0.2) is 202 Å². The summed E-state index contributed by atoms with van der Waals surface area (Å²) in [5.41, 5.74) is -1.35. The zero-order chi connectivity index (χ0) is 44.2. The van der Waals surface area contributed by atoms with Crippen molar-refractivity contribution in [1.82, 2.24) is 0 Å². The largest absolute Gasteiger partial charge is 0.508 e. The van der Waals surface area contributed by atoms with Crippen LogP contribution >= 0.6 is 0 Å². The van der Waals surface area contributed by atoms with Crippen LogP contribution in [0.2, 0.25) is 0 Å². The van der Waals surface area contributed by atoms with Crippen LogP contribution in [-0.2, 0) is 33.2 Å². The van der Waals surface area contributed by atoms with E-state index in [9.17, 15) is 76.3 Å². The van der Waals surface area contributed by atoms with Crippen LogP contribution in [0, 0.1) is 0 Å². The second kappa shape index (κ2) is 18.1. The molecule has 24 nitrogen and oxygen atoms in total. The van der Waals surface area contributed by atoms with Crippen LogP contribution in [0.3, 0.4) is 0 Å². The van der Waals surface area contributed by atoms with Crippen molar-refractivity contribution in [3.63, 3.8) is 0 Å². The van der Waals surface area contributed by atoms with Crippen LogP contribution in [0.25, 0.3) is 22.3 Å². The van der Waals surface area contributed by atoms with Gasteiger partial charge in [0.1, 0.15) is 101 Å². The second-order valence-electron chi connectivity index (χ2n) is 15.0. The van der Waals surface area contributed by atoms with E-state index < -0.39 is 164 Å². The van der Waals surface area contributed by atoms with Gasteiger partial charge in [-0.2, -0.15) is 0 Å². The standard InChI is InChI=1S/C37H46O24/c1-10-19(42)30(58-34-26(49)20(43)15(41)8-53-34)28(51)35(55-10)54-9-17-21(44)24(47)32(60-36-27(50)23(46)25(48)33(52)61-36)37(57-17)59-31-22(45)18-14(40)6-13(39)7-16(18)56-29(31)11-2-4-12(38)5-3-11/h2-7,10,15,17,19-21,23-28,30,32-44,46-52H,8-9H2,1H3. The molecule has 338 valence electrons. The van der Waals surface area contributed by atoms with E-state index in [1.54, 1.807) is 0 Å². The fourth-order valence-electron chi connectivity index (χ4n) is 7.21. The van der Waals surface area contributed by atoms with Gasteiger partial charge in [0.15, 0.2) is 37.0 Å². The van der Waals surface area contributed by atoms with Crippen molar-refractivity contribution in [3.05, 3.63) is 46.6 Å². The molecule has 1 aromatic heterocycles. The molecule has 0 amide bonds. The number of phenolic OH excluding ortho intramolecular Hbond substituents is 3. The minimum Gasteiger partial charge on any atom is -0.508 e. The molecule has 0 spiro atoms. The molecule has 0 aliphatic carbocycles. The van der Waals surface area contributed by atoms with Crippen molar-refractivity contribution < 1.29 is 114 Å². The van der Waals surface area contributed by atoms with Gasteiger partial charge in [-0.05, 0) is 31.2 Å². The molecule has 3 aromatic rings.